The van der Waals surface area contributed by atoms with Crippen molar-refractivity contribution in [3.63, 3.8) is 0 Å². The molecule has 0 saturated heterocycles. The summed E-state index contributed by atoms with van der Waals surface area (Å²) in [5.41, 5.74) is 1.30. The van der Waals surface area contributed by atoms with Crippen molar-refractivity contribution in [1.29, 1.82) is 0 Å². The van der Waals surface area contributed by atoms with Gasteiger partial charge in [0.15, 0.2) is 0 Å². The van der Waals surface area contributed by atoms with Crippen LogP contribution in [-0.4, -0.2) is 26.9 Å². The minimum absolute atomic E-state index is 0.220. The van der Waals surface area contributed by atoms with Gasteiger partial charge in [-0.3, -0.25) is 0 Å². The molecular formula is C15H25NO2. The summed E-state index contributed by atoms with van der Waals surface area (Å²) in [7, 11) is 3.74. The number of methoxy groups -OCH3 is 1. The van der Waals surface area contributed by atoms with E-state index in [9.17, 15) is 0 Å². The zero-order valence-corrected chi connectivity index (χ0v) is 11.9. The SMILES string of the molecule is CNC(CCCOC)c1ccc(OC(C)C)cc1. The highest BCUT2D eigenvalue weighted by Crippen LogP contribution is 2.21. The first-order valence-corrected chi connectivity index (χ1v) is 6.60. The maximum Gasteiger partial charge on any atom is 0.119 e. The smallest absolute Gasteiger partial charge is 0.119 e. The molecule has 1 unspecified atom stereocenters. The van der Waals surface area contributed by atoms with Gasteiger partial charge >= 0.3 is 0 Å². The van der Waals surface area contributed by atoms with E-state index in [4.69, 9.17) is 9.47 Å². The monoisotopic (exact) mass is 251 g/mol. The van der Waals surface area contributed by atoms with Crippen LogP contribution in [0.5, 0.6) is 5.75 Å². The van der Waals surface area contributed by atoms with Crippen LogP contribution in [0.15, 0.2) is 24.3 Å². The van der Waals surface area contributed by atoms with Crippen LogP contribution in [0, 0.1) is 0 Å². The minimum Gasteiger partial charge on any atom is -0.491 e. The first-order chi connectivity index (χ1) is 8.67. The molecule has 0 spiro atoms. The van der Waals surface area contributed by atoms with Gasteiger partial charge in [0.2, 0.25) is 0 Å². The fourth-order valence-corrected chi connectivity index (χ4v) is 1.96. The normalized spacial score (nSPS) is 12.7. The third kappa shape index (κ3) is 5.07. The van der Waals surface area contributed by atoms with Crippen LogP contribution in [0.3, 0.4) is 0 Å². The van der Waals surface area contributed by atoms with Gasteiger partial charge in [0.05, 0.1) is 6.10 Å². The molecule has 0 aliphatic rings. The van der Waals surface area contributed by atoms with Crippen LogP contribution in [0.2, 0.25) is 0 Å². The van der Waals surface area contributed by atoms with Gasteiger partial charge in [0, 0.05) is 19.8 Å². The predicted octanol–water partition coefficient (Wildman–Crippen LogP) is 3.16. The highest BCUT2D eigenvalue weighted by Gasteiger charge is 2.09. The molecule has 0 saturated carbocycles. The number of ether oxygens (including phenoxy) is 2. The Morgan fingerprint density at radius 3 is 2.33 bits per heavy atom. The standard InChI is InChI=1S/C15H25NO2/c1-12(2)18-14-9-7-13(8-10-14)15(16-3)6-5-11-17-4/h7-10,12,15-16H,5-6,11H2,1-4H3. The van der Waals surface area contributed by atoms with Crippen LogP contribution >= 0.6 is 0 Å². The number of hydrogen-bond acceptors (Lipinski definition) is 3. The molecule has 18 heavy (non-hydrogen) atoms. The Morgan fingerprint density at radius 2 is 1.83 bits per heavy atom. The fourth-order valence-electron chi connectivity index (χ4n) is 1.96. The van der Waals surface area contributed by atoms with Crippen LogP contribution in [-0.2, 0) is 4.74 Å². The van der Waals surface area contributed by atoms with Gasteiger partial charge in [-0.05, 0) is 51.4 Å². The number of hydrogen-bond donors (Lipinski definition) is 1. The number of nitrogens with one attached hydrogen (secondary N) is 1. The second-order valence-corrected chi connectivity index (χ2v) is 4.71. The van der Waals surface area contributed by atoms with Gasteiger partial charge in [0.25, 0.3) is 0 Å². The zero-order chi connectivity index (χ0) is 13.4. The topological polar surface area (TPSA) is 30.5 Å². The summed E-state index contributed by atoms with van der Waals surface area (Å²) in [5, 5.41) is 3.34. The molecule has 3 nitrogen and oxygen atoms in total. The molecule has 1 atom stereocenters. The van der Waals surface area contributed by atoms with Crippen molar-refractivity contribution < 1.29 is 9.47 Å². The highest BCUT2D eigenvalue weighted by molar-refractivity contribution is 5.29. The molecule has 1 aromatic rings. The quantitative estimate of drug-likeness (QED) is 0.720. The Bertz CT molecular complexity index is 322. The molecule has 0 aliphatic heterocycles. The molecule has 0 radical (unpaired) electrons. The summed E-state index contributed by atoms with van der Waals surface area (Å²) in [6.45, 7) is 4.89. The lowest BCUT2D eigenvalue weighted by molar-refractivity contribution is 0.189. The van der Waals surface area contributed by atoms with E-state index < -0.39 is 0 Å². The first kappa shape index (κ1) is 15.0. The lowest BCUT2D eigenvalue weighted by Crippen LogP contribution is -2.17. The van der Waals surface area contributed by atoms with Gasteiger partial charge in [-0.2, -0.15) is 0 Å². The Labute approximate surface area is 110 Å². The first-order valence-electron chi connectivity index (χ1n) is 6.60. The van der Waals surface area contributed by atoms with Gasteiger partial charge in [0.1, 0.15) is 5.75 Å². The van der Waals surface area contributed by atoms with Crippen molar-refractivity contribution in [3.8, 4) is 5.75 Å². The molecular weight excluding hydrogens is 226 g/mol. The second kappa shape index (κ2) is 8.11. The fraction of sp³-hybridized carbons (Fsp3) is 0.600. The van der Waals surface area contributed by atoms with Gasteiger partial charge in [-0.15, -0.1) is 0 Å². The Morgan fingerprint density at radius 1 is 1.17 bits per heavy atom. The van der Waals surface area contributed by atoms with Crippen molar-refractivity contribution in [2.24, 2.45) is 0 Å². The summed E-state index contributed by atoms with van der Waals surface area (Å²) in [5.74, 6) is 0.931. The van der Waals surface area contributed by atoms with Gasteiger partial charge in [-0.25, -0.2) is 0 Å². The molecule has 102 valence electrons. The lowest BCUT2D eigenvalue weighted by Gasteiger charge is -2.17. The zero-order valence-electron chi connectivity index (χ0n) is 11.9. The maximum atomic E-state index is 5.64. The molecule has 1 N–H and O–H groups in total. The van der Waals surface area contributed by atoms with Crippen LogP contribution in [0.1, 0.15) is 38.3 Å². The Balaban J connectivity index is 2.57. The molecule has 0 heterocycles. The predicted molar refractivity (Wildman–Crippen MR) is 75.1 cm³/mol. The molecule has 1 rings (SSSR count). The molecule has 1 aromatic carbocycles. The average molecular weight is 251 g/mol. The third-order valence-corrected chi connectivity index (χ3v) is 2.84. The molecule has 0 fully saturated rings. The van der Waals surface area contributed by atoms with E-state index >= 15 is 0 Å². The summed E-state index contributed by atoms with van der Waals surface area (Å²) >= 11 is 0. The molecule has 0 aromatic heterocycles. The maximum absolute atomic E-state index is 5.64. The van der Waals surface area contributed by atoms with Crippen molar-refractivity contribution in [1.82, 2.24) is 5.32 Å². The summed E-state index contributed by atoms with van der Waals surface area (Å²) in [6.07, 6.45) is 2.36. The Kier molecular flexibility index (Phi) is 6.76. The van der Waals surface area contributed by atoms with Crippen LogP contribution in [0.25, 0.3) is 0 Å². The lowest BCUT2D eigenvalue weighted by atomic mass is 10.0. The van der Waals surface area contributed by atoms with Crippen molar-refractivity contribution in [2.75, 3.05) is 20.8 Å². The molecule has 3 heteroatoms. The highest BCUT2D eigenvalue weighted by atomic mass is 16.5. The van der Waals surface area contributed by atoms with Crippen molar-refractivity contribution in [3.05, 3.63) is 29.8 Å². The van der Waals surface area contributed by atoms with E-state index in [0.29, 0.717) is 6.04 Å². The minimum atomic E-state index is 0.220. The molecule has 0 aliphatic carbocycles. The van der Waals surface area contributed by atoms with Gasteiger partial charge < -0.3 is 14.8 Å². The van der Waals surface area contributed by atoms with Gasteiger partial charge in [-0.1, -0.05) is 12.1 Å². The number of benzene rings is 1. The van der Waals surface area contributed by atoms with Crippen molar-refractivity contribution >= 4 is 0 Å². The van der Waals surface area contributed by atoms with E-state index in [1.165, 1.54) is 5.56 Å². The summed E-state index contributed by atoms with van der Waals surface area (Å²) in [6, 6.07) is 8.72. The Hall–Kier alpha value is -1.06. The average Bonchev–Trinajstić information content (AvgIpc) is 2.35. The third-order valence-electron chi connectivity index (χ3n) is 2.84. The van der Waals surface area contributed by atoms with E-state index in [-0.39, 0.29) is 6.10 Å². The largest absolute Gasteiger partial charge is 0.491 e. The van der Waals surface area contributed by atoms with E-state index in [1.54, 1.807) is 7.11 Å². The van der Waals surface area contributed by atoms with Crippen LogP contribution in [0.4, 0.5) is 0 Å². The molecule has 0 bridgehead atoms. The van der Waals surface area contributed by atoms with E-state index in [0.717, 1.165) is 25.2 Å². The molecule has 0 amide bonds. The van der Waals surface area contributed by atoms with Crippen LogP contribution < -0.4 is 10.1 Å². The van der Waals surface area contributed by atoms with Crippen molar-refractivity contribution in [2.45, 2.75) is 38.8 Å². The summed E-state index contributed by atoms with van der Waals surface area (Å²) in [4.78, 5) is 0. The summed E-state index contributed by atoms with van der Waals surface area (Å²) < 4.78 is 10.7. The number of rotatable bonds is 8. The second-order valence-electron chi connectivity index (χ2n) is 4.71. The van der Waals surface area contributed by atoms with E-state index in [1.807, 2.05) is 33.0 Å². The van der Waals surface area contributed by atoms with E-state index in [2.05, 4.69) is 17.4 Å².